The Hall–Kier alpha value is -1.24. The lowest BCUT2D eigenvalue weighted by atomic mass is 10.1. The summed E-state index contributed by atoms with van der Waals surface area (Å²) in [4.78, 5) is 3.92. The first-order valence-corrected chi connectivity index (χ1v) is 6.45. The summed E-state index contributed by atoms with van der Waals surface area (Å²) in [5.74, 6) is 0.597. The van der Waals surface area contributed by atoms with Gasteiger partial charge in [-0.25, -0.2) is 0 Å². The van der Waals surface area contributed by atoms with Gasteiger partial charge in [0.25, 0.3) is 0 Å². The zero-order valence-corrected chi connectivity index (χ0v) is 11.3. The molecule has 6 heteroatoms. The summed E-state index contributed by atoms with van der Waals surface area (Å²) in [6, 6.07) is 7.64. The fourth-order valence-corrected chi connectivity index (χ4v) is 1.99. The number of aliphatic hydroxyl groups excluding tert-OH is 1. The summed E-state index contributed by atoms with van der Waals surface area (Å²) < 4.78 is 5.83. The van der Waals surface area contributed by atoms with Gasteiger partial charge >= 0.3 is 0 Å². The van der Waals surface area contributed by atoms with Crippen LogP contribution in [0.25, 0.3) is 0 Å². The molecular formula is C12H14BrN3O2. The second-order valence-corrected chi connectivity index (χ2v) is 4.78. The molecule has 0 spiro atoms. The minimum atomic E-state index is -0.523. The van der Waals surface area contributed by atoms with Gasteiger partial charge in [0, 0.05) is 24.0 Å². The third-order valence-corrected chi connectivity index (χ3v) is 2.99. The molecule has 5 nitrogen and oxygen atoms in total. The predicted octanol–water partition coefficient (Wildman–Crippen LogP) is 1.70. The van der Waals surface area contributed by atoms with E-state index in [-0.39, 0.29) is 0 Å². The van der Waals surface area contributed by atoms with Crippen LogP contribution in [0.1, 0.15) is 17.6 Å². The molecule has 0 fully saturated rings. The number of rotatable bonds is 6. The van der Waals surface area contributed by atoms with Crippen LogP contribution in [0.15, 0.2) is 39.6 Å². The molecule has 96 valence electrons. The van der Waals surface area contributed by atoms with Crippen LogP contribution in [-0.4, -0.2) is 28.3 Å². The second-order valence-electron chi connectivity index (χ2n) is 3.86. The summed E-state index contributed by atoms with van der Waals surface area (Å²) in [5, 5.41) is 16.6. The van der Waals surface area contributed by atoms with E-state index in [2.05, 4.69) is 31.4 Å². The van der Waals surface area contributed by atoms with Crippen molar-refractivity contribution < 1.29 is 9.63 Å². The van der Waals surface area contributed by atoms with Crippen molar-refractivity contribution in [2.75, 3.05) is 13.1 Å². The molecule has 2 N–H and O–H groups in total. The van der Waals surface area contributed by atoms with E-state index in [1.807, 2.05) is 24.3 Å². The molecule has 0 aliphatic heterocycles. The van der Waals surface area contributed by atoms with Crippen molar-refractivity contribution in [2.45, 2.75) is 12.5 Å². The molecule has 18 heavy (non-hydrogen) atoms. The van der Waals surface area contributed by atoms with Gasteiger partial charge in [-0.3, -0.25) is 0 Å². The highest BCUT2D eigenvalue weighted by atomic mass is 79.9. The normalized spacial score (nSPS) is 12.6. The van der Waals surface area contributed by atoms with Crippen LogP contribution in [0, 0.1) is 0 Å². The highest BCUT2D eigenvalue weighted by molar-refractivity contribution is 9.10. The fourth-order valence-electron chi connectivity index (χ4n) is 1.57. The summed E-state index contributed by atoms with van der Waals surface area (Å²) >= 11 is 3.38. The minimum absolute atomic E-state index is 0.491. The number of hydrogen-bond donors (Lipinski definition) is 2. The van der Waals surface area contributed by atoms with Crippen molar-refractivity contribution in [3.05, 3.63) is 46.5 Å². The van der Waals surface area contributed by atoms with Gasteiger partial charge in [0.15, 0.2) is 6.33 Å². The topological polar surface area (TPSA) is 71.2 Å². The molecule has 2 rings (SSSR count). The van der Waals surface area contributed by atoms with Crippen LogP contribution < -0.4 is 5.32 Å². The molecule has 0 amide bonds. The Morgan fingerprint density at radius 3 is 3.06 bits per heavy atom. The highest BCUT2D eigenvalue weighted by Crippen LogP contribution is 2.17. The molecule has 0 aliphatic rings. The number of aliphatic hydroxyl groups is 1. The standard InChI is InChI=1S/C12H14BrN3O2/c13-10-3-1-2-9(6-10)11(17)7-14-5-4-12-15-8-16-18-12/h1-3,6,8,11,14,17H,4-5,7H2. The molecule has 0 saturated carbocycles. The summed E-state index contributed by atoms with van der Waals surface area (Å²) in [5.41, 5.74) is 0.884. The molecule has 0 radical (unpaired) electrons. The van der Waals surface area contributed by atoms with Gasteiger partial charge in [-0.05, 0) is 17.7 Å². The zero-order valence-electron chi connectivity index (χ0n) is 9.71. The number of nitrogens with zero attached hydrogens (tertiary/aromatic N) is 2. The lowest BCUT2D eigenvalue weighted by Crippen LogP contribution is -2.23. The lowest BCUT2D eigenvalue weighted by molar-refractivity contribution is 0.174. The molecule has 1 aromatic carbocycles. The molecule has 0 saturated heterocycles. The predicted molar refractivity (Wildman–Crippen MR) is 70.0 cm³/mol. The molecule has 0 aliphatic carbocycles. The Bertz CT molecular complexity index is 476. The quantitative estimate of drug-likeness (QED) is 0.795. The van der Waals surface area contributed by atoms with Gasteiger partial charge in [-0.15, -0.1) is 0 Å². The summed E-state index contributed by atoms with van der Waals surface area (Å²) in [6.45, 7) is 1.18. The van der Waals surface area contributed by atoms with Crippen LogP contribution in [0.3, 0.4) is 0 Å². The third-order valence-electron chi connectivity index (χ3n) is 2.49. The molecule has 1 atom stereocenters. The lowest BCUT2D eigenvalue weighted by Gasteiger charge is -2.11. The van der Waals surface area contributed by atoms with E-state index in [9.17, 15) is 5.11 Å². The molecule has 2 aromatic rings. The smallest absolute Gasteiger partial charge is 0.227 e. The number of halogens is 1. The molecule has 0 bridgehead atoms. The largest absolute Gasteiger partial charge is 0.387 e. The van der Waals surface area contributed by atoms with Gasteiger partial charge in [0.05, 0.1) is 6.10 Å². The highest BCUT2D eigenvalue weighted by Gasteiger charge is 2.07. The van der Waals surface area contributed by atoms with Crippen molar-refractivity contribution in [2.24, 2.45) is 0 Å². The van der Waals surface area contributed by atoms with Crippen LogP contribution in [-0.2, 0) is 6.42 Å². The minimum Gasteiger partial charge on any atom is -0.387 e. The van der Waals surface area contributed by atoms with E-state index >= 15 is 0 Å². The maximum absolute atomic E-state index is 9.97. The van der Waals surface area contributed by atoms with Gasteiger partial charge in [-0.1, -0.05) is 33.2 Å². The van der Waals surface area contributed by atoms with Crippen molar-refractivity contribution in [1.82, 2.24) is 15.5 Å². The Balaban J connectivity index is 1.73. The molecule has 1 heterocycles. The SMILES string of the molecule is OC(CNCCc1ncno1)c1cccc(Br)c1. The average molecular weight is 312 g/mol. The van der Waals surface area contributed by atoms with E-state index in [1.54, 1.807) is 0 Å². The van der Waals surface area contributed by atoms with Crippen molar-refractivity contribution in [3.8, 4) is 0 Å². The summed E-state index contributed by atoms with van der Waals surface area (Å²) in [7, 11) is 0. The average Bonchev–Trinajstić information content (AvgIpc) is 2.87. The van der Waals surface area contributed by atoms with Crippen molar-refractivity contribution >= 4 is 15.9 Å². The third kappa shape index (κ3) is 3.90. The fraction of sp³-hybridized carbons (Fsp3) is 0.333. The Morgan fingerprint density at radius 2 is 2.33 bits per heavy atom. The van der Waals surface area contributed by atoms with E-state index in [4.69, 9.17) is 4.52 Å². The van der Waals surface area contributed by atoms with E-state index in [0.29, 0.717) is 25.4 Å². The number of hydrogen-bond acceptors (Lipinski definition) is 5. The van der Waals surface area contributed by atoms with E-state index < -0.39 is 6.10 Å². The first kappa shape index (κ1) is 13.2. The number of aromatic nitrogens is 2. The van der Waals surface area contributed by atoms with E-state index in [1.165, 1.54) is 6.33 Å². The van der Waals surface area contributed by atoms with Crippen molar-refractivity contribution in [1.29, 1.82) is 0 Å². The van der Waals surface area contributed by atoms with Crippen LogP contribution in [0.2, 0.25) is 0 Å². The number of benzene rings is 1. The molecular weight excluding hydrogens is 298 g/mol. The first-order chi connectivity index (χ1) is 8.75. The Kier molecular flexibility index (Phi) is 4.86. The summed E-state index contributed by atoms with van der Waals surface area (Å²) in [6.07, 6.45) is 1.52. The van der Waals surface area contributed by atoms with Crippen LogP contribution >= 0.6 is 15.9 Å². The molecule has 1 aromatic heterocycles. The van der Waals surface area contributed by atoms with Gasteiger partial charge in [0.1, 0.15) is 0 Å². The van der Waals surface area contributed by atoms with E-state index in [0.717, 1.165) is 10.0 Å². The van der Waals surface area contributed by atoms with Gasteiger partial charge in [-0.2, -0.15) is 4.98 Å². The van der Waals surface area contributed by atoms with Crippen molar-refractivity contribution in [3.63, 3.8) is 0 Å². The van der Waals surface area contributed by atoms with Gasteiger partial charge < -0.3 is 14.9 Å². The maximum Gasteiger partial charge on any atom is 0.227 e. The zero-order chi connectivity index (χ0) is 12.8. The van der Waals surface area contributed by atoms with Crippen LogP contribution in [0.5, 0.6) is 0 Å². The number of nitrogens with one attached hydrogen (secondary N) is 1. The Labute approximate surface area is 113 Å². The molecule has 1 unspecified atom stereocenters. The maximum atomic E-state index is 9.97. The van der Waals surface area contributed by atoms with Crippen LogP contribution in [0.4, 0.5) is 0 Å². The monoisotopic (exact) mass is 311 g/mol. The Morgan fingerprint density at radius 1 is 1.44 bits per heavy atom. The van der Waals surface area contributed by atoms with Gasteiger partial charge in [0.2, 0.25) is 5.89 Å². The second kappa shape index (κ2) is 6.63. The first-order valence-electron chi connectivity index (χ1n) is 5.65.